The number of aliphatic hydroxyl groups is 1. The molecular formula is C20H30N2O4. The number of ether oxygens (including phenoxy) is 2. The van der Waals surface area contributed by atoms with E-state index in [-0.39, 0.29) is 18.4 Å². The fourth-order valence-corrected chi connectivity index (χ4v) is 4.13. The normalized spacial score (nSPS) is 23.4. The van der Waals surface area contributed by atoms with E-state index in [4.69, 9.17) is 9.47 Å². The summed E-state index contributed by atoms with van der Waals surface area (Å²) in [6, 6.07) is 5.59. The molecule has 0 aromatic heterocycles. The molecule has 0 spiro atoms. The molecule has 0 bridgehead atoms. The fraction of sp³-hybridized carbons (Fsp3) is 0.650. The summed E-state index contributed by atoms with van der Waals surface area (Å²) in [6.07, 6.45) is 2.87. The number of amides is 1. The number of rotatable bonds is 7. The Labute approximate surface area is 155 Å². The minimum Gasteiger partial charge on any atom is -0.493 e. The predicted octanol–water partition coefficient (Wildman–Crippen LogP) is 1.41. The average molecular weight is 362 g/mol. The first-order chi connectivity index (χ1) is 12.6. The molecule has 3 rings (SSSR count). The van der Waals surface area contributed by atoms with Crippen LogP contribution in [0.25, 0.3) is 0 Å². The Morgan fingerprint density at radius 1 is 1.12 bits per heavy atom. The van der Waals surface area contributed by atoms with Crippen molar-refractivity contribution in [3.63, 3.8) is 0 Å². The molecule has 0 radical (unpaired) electrons. The van der Waals surface area contributed by atoms with E-state index < -0.39 is 0 Å². The zero-order valence-corrected chi connectivity index (χ0v) is 15.8. The Bertz CT molecular complexity index is 616. The zero-order valence-electron chi connectivity index (χ0n) is 15.8. The highest BCUT2D eigenvalue weighted by Gasteiger charge is 2.36. The number of hydrogen-bond donors (Lipinski definition) is 1. The van der Waals surface area contributed by atoms with Gasteiger partial charge in [0.05, 0.1) is 20.6 Å². The Kier molecular flexibility index (Phi) is 6.38. The lowest BCUT2D eigenvalue weighted by atomic mass is 9.96. The number of nitrogens with zero attached hydrogens (tertiary/aromatic N) is 2. The summed E-state index contributed by atoms with van der Waals surface area (Å²) in [5.41, 5.74) is 0.913. The van der Waals surface area contributed by atoms with Crippen molar-refractivity contribution in [2.24, 2.45) is 11.8 Å². The van der Waals surface area contributed by atoms with Gasteiger partial charge in [0, 0.05) is 32.2 Å². The molecule has 0 saturated carbocycles. The van der Waals surface area contributed by atoms with Gasteiger partial charge in [-0.1, -0.05) is 6.07 Å². The van der Waals surface area contributed by atoms with Gasteiger partial charge in [-0.3, -0.25) is 4.79 Å². The van der Waals surface area contributed by atoms with Crippen molar-refractivity contribution in [3.8, 4) is 11.5 Å². The molecule has 2 aliphatic heterocycles. The van der Waals surface area contributed by atoms with E-state index in [2.05, 4.69) is 4.90 Å². The lowest BCUT2D eigenvalue weighted by molar-refractivity contribution is -0.129. The van der Waals surface area contributed by atoms with Crippen LogP contribution in [0.5, 0.6) is 11.5 Å². The summed E-state index contributed by atoms with van der Waals surface area (Å²) in [5, 5.41) is 9.74. The first-order valence-corrected chi connectivity index (χ1v) is 9.46. The predicted molar refractivity (Wildman–Crippen MR) is 99.6 cm³/mol. The number of carbonyl (C=O) groups is 1. The molecule has 1 amide bonds. The van der Waals surface area contributed by atoms with Gasteiger partial charge < -0.3 is 24.4 Å². The number of likely N-dealkylation sites (tertiary alicyclic amines) is 2. The van der Waals surface area contributed by atoms with E-state index in [9.17, 15) is 9.90 Å². The maximum absolute atomic E-state index is 12.8. The molecule has 2 atom stereocenters. The van der Waals surface area contributed by atoms with E-state index in [0.717, 1.165) is 31.7 Å². The maximum Gasteiger partial charge on any atom is 0.227 e. The molecule has 6 nitrogen and oxygen atoms in total. The largest absolute Gasteiger partial charge is 0.493 e. The third-order valence-electron chi connectivity index (χ3n) is 5.66. The average Bonchev–Trinajstić information content (AvgIpc) is 3.31. The van der Waals surface area contributed by atoms with E-state index >= 15 is 0 Å². The van der Waals surface area contributed by atoms with Gasteiger partial charge in [0.2, 0.25) is 5.91 Å². The van der Waals surface area contributed by atoms with Crippen molar-refractivity contribution in [2.45, 2.75) is 19.3 Å². The molecular weight excluding hydrogens is 332 g/mol. The monoisotopic (exact) mass is 362 g/mol. The third kappa shape index (κ3) is 4.30. The molecule has 2 aliphatic rings. The number of carbonyl (C=O) groups excluding carboxylic acids is 1. The summed E-state index contributed by atoms with van der Waals surface area (Å²) >= 11 is 0. The van der Waals surface area contributed by atoms with Crippen LogP contribution < -0.4 is 9.47 Å². The van der Waals surface area contributed by atoms with Crippen LogP contribution in [0, 0.1) is 11.8 Å². The van der Waals surface area contributed by atoms with Crippen molar-refractivity contribution in [3.05, 3.63) is 23.8 Å². The molecule has 144 valence electrons. The second kappa shape index (κ2) is 8.73. The minimum absolute atomic E-state index is 0.111. The van der Waals surface area contributed by atoms with Gasteiger partial charge in [0.25, 0.3) is 0 Å². The van der Waals surface area contributed by atoms with Crippen LogP contribution in [0.4, 0.5) is 0 Å². The Morgan fingerprint density at radius 3 is 2.46 bits per heavy atom. The molecule has 1 N–H and O–H groups in total. The summed E-state index contributed by atoms with van der Waals surface area (Å²) in [6.45, 7) is 4.83. The van der Waals surface area contributed by atoms with E-state index in [0.29, 0.717) is 30.4 Å². The number of hydrogen-bond acceptors (Lipinski definition) is 5. The van der Waals surface area contributed by atoms with Crippen LogP contribution in [0.2, 0.25) is 0 Å². The fourth-order valence-electron chi connectivity index (χ4n) is 4.13. The van der Waals surface area contributed by atoms with Gasteiger partial charge in [-0.05, 0) is 49.5 Å². The Morgan fingerprint density at radius 2 is 1.81 bits per heavy atom. The molecule has 0 unspecified atom stereocenters. The van der Waals surface area contributed by atoms with Gasteiger partial charge >= 0.3 is 0 Å². The summed E-state index contributed by atoms with van der Waals surface area (Å²) in [4.78, 5) is 17.2. The first-order valence-electron chi connectivity index (χ1n) is 9.46. The van der Waals surface area contributed by atoms with Crippen molar-refractivity contribution in [1.29, 1.82) is 0 Å². The van der Waals surface area contributed by atoms with E-state index in [1.54, 1.807) is 14.2 Å². The smallest absolute Gasteiger partial charge is 0.227 e. The first kappa shape index (κ1) is 19.0. The van der Waals surface area contributed by atoms with Gasteiger partial charge in [-0.25, -0.2) is 0 Å². The topological polar surface area (TPSA) is 62.2 Å². The van der Waals surface area contributed by atoms with Gasteiger partial charge in [-0.15, -0.1) is 0 Å². The molecule has 6 heteroatoms. The van der Waals surface area contributed by atoms with Crippen molar-refractivity contribution in [1.82, 2.24) is 9.80 Å². The molecule has 2 saturated heterocycles. The quantitative estimate of drug-likeness (QED) is 0.795. The zero-order chi connectivity index (χ0) is 18.5. The molecule has 1 aromatic carbocycles. The maximum atomic E-state index is 12.8. The van der Waals surface area contributed by atoms with Crippen LogP contribution in [0.3, 0.4) is 0 Å². The molecule has 2 fully saturated rings. The van der Waals surface area contributed by atoms with Gasteiger partial charge in [0.15, 0.2) is 11.5 Å². The number of aliphatic hydroxyl groups excluding tert-OH is 1. The summed E-state index contributed by atoms with van der Waals surface area (Å²) in [7, 11) is 3.20. The van der Waals surface area contributed by atoms with Crippen molar-refractivity contribution < 1.29 is 19.4 Å². The molecule has 1 aromatic rings. The van der Waals surface area contributed by atoms with Crippen molar-refractivity contribution in [2.75, 3.05) is 53.6 Å². The van der Waals surface area contributed by atoms with Crippen LogP contribution in [0.15, 0.2) is 18.2 Å². The standard InChI is InChI=1S/C20H30N2O4/c1-25-18-6-5-15(9-19(18)26-2)10-20(24)22-12-16(17(13-22)14-23)11-21-7-3-4-8-21/h5-6,9,16-17,23H,3-4,7-8,10-14H2,1-2H3/t16-,17-/m1/s1. The van der Waals surface area contributed by atoms with E-state index in [1.165, 1.54) is 12.8 Å². The Hall–Kier alpha value is -1.79. The molecule has 0 aliphatic carbocycles. The highest BCUT2D eigenvalue weighted by atomic mass is 16.5. The highest BCUT2D eigenvalue weighted by Crippen LogP contribution is 2.29. The van der Waals surface area contributed by atoms with Crippen molar-refractivity contribution >= 4 is 5.91 Å². The third-order valence-corrected chi connectivity index (χ3v) is 5.66. The minimum atomic E-state index is 0.111. The molecule has 2 heterocycles. The number of methoxy groups -OCH3 is 2. The molecule has 26 heavy (non-hydrogen) atoms. The van der Waals surface area contributed by atoms with Crippen LogP contribution in [0.1, 0.15) is 18.4 Å². The second-order valence-electron chi connectivity index (χ2n) is 7.38. The SMILES string of the molecule is COc1ccc(CC(=O)N2C[C@@H](CN3CCCC3)[C@@H](CO)C2)cc1OC. The van der Waals surface area contributed by atoms with Gasteiger partial charge in [0.1, 0.15) is 0 Å². The van der Waals surface area contributed by atoms with Crippen LogP contribution in [-0.4, -0.2) is 74.4 Å². The van der Waals surface area contributed by atoms with Gasteiger partial charge in [-0.2, -0.15) is 0 Å². The highest BCUT2D eigenvalue weighted by molar-refractivity contribution is 5.79. The summed E-state index contributed by atoms with van der Waals surface area (Å²) in [5.74, 6) is 1.97. The lowest BCUT2D eigenvalue weighted by Crippen LogP contribution is -2.33. The summed E-state index contributed by atoms with van der Waals surface area (Å²) < 4.78 is 10.6. The van der Waals surface area contributed by atoms with Crippen LogP contribution in [-0.2, 0) is 11.2 Å². The second-order valence-corrected chi connectivity index (χ2v) is 7.38. The number of benzene rings is 1. The van der Waals surface area contributed by atoms with Crippen LogP contribution >= 0.6 is 0 Å². The Balaban J connectivity index is 1.60. The van der Waals surface area contributed by atoms with E-state index in [1.807, 2.05) is 23.1 Å². The lowest BCUT2D eigenvalue weighted by Gasteiger charge is -2.23.